The Hall–Kier alpha value is -2.33. The molecule has 0 aliphatic rings. The zero-order valence-corrected chi connectivity index (χ0v) is 15.2. The number of carbonyl (C=O) groups is 1. The molecule has 0 unspecified atom stereocenters. The molecule has 0 heterocycles. The fourth-order valence-corrected chi connectivity index (χ4v) is 2.70. The highest BCUT2D eigenvalue weighted by molar-refractivity contribution is 5.78. The van der Waals surface area contributed by atoms with E-state index in [1.165, 1.54) is 5.56 Å². The molecule has 4 nitrogen and oxygen atoms in total. The normalized spacial score (nSPS) is 10.7. The smallest absolute Gasteiger partial charge is 0.234 e. The highest BCUT2D eigenvalue weighted by Crippen LogP contribution is 2.11. The lowest BCUT2D eigenvalue weighted by Gasteiger charge is -2.21. The third kappa shape index (κ3) is 7.40. The van der Waals surface area contributed by atoms with E-state index in [0.29, 0.717) is 19.7 Å². The number of benzene rings is 2. The molecule has 2 rings (SSSR count). The highest BCUT2D eigenvalue weighted by atomic mass is 16.5. The van der Waals surface area contributed by atoms with Crippen LogP contribution in [0.2, 0.25) is 0 Å². The van der Waals surface area contributed by atoms with Gasteiger partial charge in [-0.05, 0) is 43.1 Å². The van der Waals surface area contributed by atoms with Crippen molar-refractivity contribution in [2.24, 2.45) is 0 Å². The van der Waals surface area contributed by atoms with E-state index in [1.807, 2.05) is 49.4 Å². The molecular formula is C21H28N2O2. The fourth-order valence-electron chi connectivity index (χ4n) is 2.70. The van der Waals surface area contributed by atoms with Crippen molar-refractivity contribution in [3.8, 4) is 5.75 Å². The predicted molar refractivity (Wildman–Crippen MR) is 102 cm³/mol. The average molecular weight is 340 g/mol. The molecule has 0 bridgehead atoms. The van der Waals surface area contributed by atoms with Crippen molar-refractivity contribution >= 4 is 5.91 Å². The summed E-state index contributed by atoms with van der Waals surface area (Å²) in [4.78, 5) is 14.3. The Morgan fingerprint density at radius 1 is 1.12 bits per heavy atom. The van der Waals surface area contributed by atoms with Crippen LogP contribution in [0.5, 0.6) is 5.75 Å². The molecule has 2 aromatic carbocycles. The van der Waals surface area contributed by atoms with Gasteiger partial charge < -0.3 is 10.1 Å². The monoisotopic (exact) mass is 340 g/mol. The standard InChI is InChI=1S/C21H28N2O2/c1-3-13-23(16-19-9-5-4-6-10-19)17-21(24)22-12-14-25-20-11-7-8-18(2)15-20/h4-11,15H,3,12-14,16-17H2,1-2H3,(H,22,24). The minimum atomic E-state index is 0.0391. The van der Waals surface area contributed by atoms with Crippen LogP contribution < -0.4 is 10.1 Å². The van der Waals surface area contributed by atoms with E-state index < -0.39 is 0 Å². The van der Waals surface area contributed by atoms with Gasteiger partial charge in [-0.2, -0.15) is 0 Å². The van der Waals surface area contributed by atoms with Crippen molar-refractivity contribution in [3.63, 3.8) is 0 Å². The molecule has 2 aromatic rings. The number of nitrogens with zero attached hydrogens (tertiary/aromatic N) is 1. The van der Waals surface area contributed by atoms with Gasteiger partial charge in [0.05, 0.1) is 13.1 Å². The summed E-state index contributed by atoms with van der Waals surface area (Å²) in [5.74, 6) is 0.878. The van der Waals surface area contributed by atoms with Crippen LogP contribution in [0, 0.1) is 6.92 Å². The van der Waals surface area contributed by atoms with E-state index >= 15 is 0 Å². The van der Waals surface area contributed by atoms with Gasteiger partial charge in [0.1, 0.15) is 12.4 Å². The Kier molecular flexibility index (Phi) is 7.99. The lowest BCUT2D eigenvalue weighted by molar-refractivity contribution is -0.122. The minimum Gasteiger partial charge on any atom is -0.492 e. The van der Waals surface area contributed by atoms with E-state index in [2.05, 4.69) is 29.3 Å². The maximum absolute atomic E-state index is 12.2. The van der Waals surface area contributed by atoms with Gasteiger partial charge in [0, 0.05) is 6.54 Å². The van der Waals surface area contributed by atoms with Gasteiger partial charge in [0.2, 0.25) is 5.91 Å². The summed E-state index contributed by atoms with van der Waals surface area (Å²) in [5.41, 5.74) is 2.39. The zero-order valence-electron chi connectivity index (χ0n) is 15.2. The molecule has 1 N–H and O–H groups in total. The van der Waals surface area contributed by atoms with E-state index in [0.717, 1.165) is 30.8 Å². The van der Waals surface area contributed by atoms with Gasteiger partial charge in [-0.3, -0.25) is 9.69 Å². The fraction of sp³-hybridized carbons (Fsp3) is 0.381. The third-order valence-electron chi connectivity index (χ3n) is 3.84. The van der Waals surface area contributed by atoms with Gasteiger partial charge in [0.15, 0.2) is 0 Å². The van der Waals surface area contributed by atoms with Crippen LogP contribution in [0.4, 0.5) is 0 Å². The van der Waals surface area contributed by atoms with E-state index in [-0.39, 0.29) is 5.91 Å². The molecule has 134 valence electrons. The Morgan fingerprint density at radius 3 is 2.64 bits per heavy atom. The summed E-state index contributed by atoms with van der Waals surface area (Å²) >= 11 is 0. The second-order valence-electron chi connectivity index (χ2n) is 6.21. The number of ether oxygens (including phenoxy) is 1. The van der Waals surface area contributed by atoms with Crippen LogP contribution in [0.15, 0.2) is 54.6 Å². The van der Waals surface area contributed by atoms with Crippen LogP contribution >= 0.6 is 0 Å². The molecule has 0 saturated heterocycles. The second-order valence-corrected chi connectivity index (χ2v) is 6.21. The Bertz CT molecular complexity index is 643. The van der Waals surface area contributed by atoms with Gasteiger partial charge >= 0.3 is 0 Å². The lowest BCUT2D eigenvalue weighted by Crippen LogP contribution is -2.38. The quantitative estimate of drug-likeness (QED) is 0.674. The van der Waals surface area contributed by atoms with Gasteiger partial charge in [-0.15, -0.1) is 0 Å². The molecule has 0 fully saturated rings. The summed E-state index contributed by atoms with van der Waals surface area (Å²) in [5, 5.41) is 2.94. The highest BCUT2D eigenvalue weighted by Gasteiger charge is 2.10. The Balaban J connectivity index is 1.71. The molecule has 0 spiro atoms. The lowest BCUT2D eigenvalue weighted by atomic mass is 10.2. The number of amides is 1. The van der Waals surface area contributed by atoms with Crippen LogP contribution in [-0.4, -0.2) is 37.0 Å². The predicted octanol–water partition coefficient (Wildman–Crippen LogP) is 3.40. The third-order valence-corrected chi connectivity index (χ3v) is 3.84. The molecule has 0 aliphatic heterocycles. The summed E-state index contributed by atoms with van der Waals surface area (Å²) in [6, 6.07) is 18.2. The molecule has 0 atom stereocenters. The van der Waals surface area contributed by atoms with Crippen molar-refractivity contribution in [2.75, 3.05) is 26.2 Å². The number of rotatable bonds is 10. The SMILES string of the molecule is CCCN(CC(=O)NCCOc1cccc(C)c1)Cc1ccccc1. The van der Waals surface area contributed by atoms with Crippen molar-refractivity contribution < 1.29 is 9.53 Å². The molecule has 0 aliphatic carbocycles. The van der Waals surface area contributed by atoms with Gasteiger partial charge in [-0.1, -0.05) is 49.4 Å². The first-order valence-corrected chi connectivity index (χ1v) is 8.90. The van der Waals surface area contributed by atoms with Crippen molar-refractivity contribution in [1.82, 2.24) is 10.2 Å². The number of aryl methyl sites for hydroxylation is 1. The van der Waals surface area contributed by atoms with E-state index in [9.17, 15) is 4.79 Å². The van der Waals surface area contributed by atoms with Crippen molar-refractivity contribution in [1.29, 1.82) is 0 Å². The van der Waals surface area contributed by atoms with Crippen LogP contribution in [0.25, 0.3) is 0 Å². The van der Waals surface area contributed by atoms with E-state index in [1.54, 1.807) is 0 Å². The summed E-state index contributed by atoms with van der Waals surface area (Å²) < 4.78 is 5.66. The number of hydrogen-bond acceptors (Lipinski definition) is 3. The molecular weight excluding hydrogens is 312 g/mol. The number of nitrogens with one attached hydrogen (secondary N) is 1. The first-order chi connectivity index (χ1) is 12.2. The number of hydrogen-bond donors (Lipinski definition) is 1. The largest absolute Gasteiger partial charge is 0.492 e. The summed E-state index contributed by atoms with van der Waals surface area (Å²) in [6.07, 6.45) is 1.02. The molecule has 25 heavy (non-hydrogen) atoms. The number of carbonyl (C=O) groups excluding carboxylic acids is 1. The minimum absolute atomic E-state index is 0.0391. The first-order valence-electron chi connectivity index (χ1n) is 8.90. The molecule has 0 radical (unpaired) electrons. The molecule has 4 heteroatoms. The maximum Gasteiger partial charge on any atom is 0.234 e. The Labute approximate surface area is 150 Å². The summed E-state index contributed by atoms with van der Waals surface area (Å²) in [7, 11) is 0. The molecule has 0 aromatic heterocycles. The van der Waals surface area contributed by atoms with Crippen molar-refractivity contribution in [3.05, 3.63) is 65.7 Å². The topological polar surface area (TPSA) is 41.6 Å². The maximum atomic E-state index is 12.2. The van der Waals surface area contributed by atoms with Crippen LogP contribution in [-0.2, 0) is 11.3 Å². The van der Waals surface area contributed by atoms with Crippen LogP contribution in [0.3, 0.4) is 0 Å². The first kappa shape index (κ1) is 19.0. The molecule has 0 saturated carbocycles. The Morgan fingerprint density at radius 2 is 1.92 bits per heavy atom. The zero-order chi connectivity index (χ0) is 17.9. The van der Waals surface area contributed by atoms with Crippen LogP contribution in [0.1, 0.15) is 24.5 Å². The van der Waals surface area contributed by atoms with Crippen molar-refractivity contribution in [2.45, 2.75) is 26.8 Å². The van der Waals surface area contributed by atoms with E-state index in [4.69, 9.17) is 4.74 Å². The van der Waals surface area contributed by atoms with Gasteiger partial charge in [-0.25, -0.2) is 0 Å². The summed E-state index contributed by atoms with van der Waals surface area (Å²) in [6.45, 7) is 7.26. The van der Waals surface area contributed by atoms with Gasteiger partial charge in [0.25, 0.3) is 0 Å². The average Bonchev–Trinajstić information content (AvgIpc) is 2.60. The molecule has 1 amide bonds. The second kappa shape index (κ2) is 10.5.